The van der Waals surface area contributed by atoms with Gasteiger partial charge in [0, 0.05) is 12.1 Å². The average molecular weight is 297 g/mol. The largest absolute Gasteiger partial charge is 0.496 e. The molecule has 0 saturated carbocycles. The summed E-state index contributed by atoms with van der Waals surface area (Å²) < 4.78 is 11.5. The predicted octanol–water partition coefficient (Wildman–Crippen LogP) is 2.83. The summed E-state index contributed by atoms with van der Waals surface area (Å²) >= 11 is 3.45. The third-order valence-corrected chi connectivity index (χ3v) is 3.02. The molecule has 0 amide bonds. The van der Waals surface area contributed by atoms with Crippen molar-refractivity contribution in [2.45, 2.75) is 6.54 Å². The lowest BCUT2D eigenvalue weighted by Gasteiger charge is -2.05. The molecule has 2 aromatic rings. The molecule has 1 heterocycles. The smallest absolute Gasteiger partial charge is 0.181 e. The van der Waals surface area contributed by atoms with Crippen LogP contribution in [0.1, 0.15) is 5.69 Å². The first-order valence-electron chi connectivity index (χ1n) is 5.17. The second-order valence-corrected chi connectivity index (χ2v) is 4.36. The zero-order valence-corrected chi connectivity index (χ0v) is 11.2. The maximum atomic E-state index is 5.42. The van der Waals surface area contributed by atoms with Gasteiger partial charge in [-0.1, -0.05) is 0 Å². The predicted molar refractivity (Wildman–Crippen MR) is 69.0 cm³/mol. The number of halogens is 1. The Bertz CT molecular complexity index is 511. The number of nitrogens with zero attached hydrogens (tertiary/aromatic N) is 1. The molecule has 0 saturated heterocycles. The van der Waals surface area contributed by atoms with Gasteiger partial charge in [0.1, 0.15) is 11.4 Å². The minimum atomic E-state index is 0.676. The molecule has 1 aromatic carbocycles. The molecule has 17 heavy (non-hydrogen) atoms. The van der Waals surface area contributed by atoms with Gasteiger partial charge in [0.05, 0.1) is 11.6 Å². The minimum Gasteiger partial charge on any atom is -0.496 e. The first-order valence-corrected chi connectivity index (χ1v) is 5.96. The lowest BCUT2D eigenvalue weighted by Crippen LogP contribution is -2.06. The summed E-state index contributed by atoms with van der Waals surface area (Å²) in [6.45, 7) is 0.676. The van der Waals surface area contributed by atoms with Crippen molar-refractivity contribution < 1.29 is 9.15 Å². The molecule has 0 aliphatic rings. The third kappa shape index (κ3) is 2.50. The summed E-state index contributed by atoms with van der Waals surface area (Å²) in [5.74, 6) is 1.58. The van der Waals surface area contributed by atoms with E-state index in [2.05, 4.69) is 26.2 Å². The molecule has 90 valence electrons. The second kappa shape index (κ2) is 5.33. The number of benzene rings is 1. The van der Waals surface area contributed by atoms with Crippen molar-refractivity contribution in [3.63, 3.8) is 0 Å². The molecule has 0 bridgehead atoms. The summed E-state index contributed by atoms with van der Waals surface area (Å²) in [7, 11) is 3.52. The molecule has 4 nitrogen and oxygen atoms in total. The van der Waals surface area contributed by atoms with Crippen LogP contribution in [0, 0.1) is 0 Å². The number of ether oxygens (including phenoxy) is 1. The summed E-state index contributed by atoms with van der Waals surface area (Å²) in [5.41, 5.74) is 1.87. The molecule has 1 N–H and O–H groups in total. The van der Waals surface area contributed by atoms with Crippen molar-refractivity contribution in [2.24, 2.45) is 0 Å². The van der Waals surface area contributed by atoms with Crippen LogP contribution < -0.4 is 10.1 Å². The Kier molecular flexibility index (Phi) is 3.81. The molecule has 0 spiro atoms. The molecule has 0 aliphatic heterocycles. The van der Waals surface area contributed by atoms with Crippen LogP contribution in [0.3, 0.4) is 0 Å². The van der Waals surface area contributed by atoms with Gasteiger partial charge < -0.3 is 14.5 Å². The van der Waals surface area contributed by atoms with E-state index in [0.717, 1.165) is 27.2 Å². The fraction of sp³-hybridized carbons (Fsp3) is 0.250. The lowest BCUT2D eigenvalue weighted by atomic mass is 10.1. The highest BCUT2D eigenvalue weighted by Crippen LogP contribution is 2.31. The molecule has 5 heteroatoms. The molecule has 2 rings (SSSR count). The van der Waals surface area contributed by atoms with E-state index in [1.165, 1.54) is 6.39 Å². The van der Waals surface area contributed by atoms with Crippen molar-refractivity contribution in [2.75, 3.05) is 14.2 Å². The van der Waals surface area contributed by atoms with E-state index in [1.807, 2.05) is 25.2 Å². The van der Waals surface area contributed by atoms with Gasteiger partial charge in [0.25, 0.3) is 0 Å². The highest BCUT2D eigenvalue weighted by Gasteiger charge is 2.11. The molecule has 0 aliphatic carbocycles. The van der Waals surface area contributed by atoms with Crippen molar-refractivity contribution in [3.8, 4) is 17.1 Å². The molecule has 1 aromatic heterocycles. The topological polar surface area (TPSA) is 47.3 Å². The van der Waals surface area contributed by atoms with Gasteiger partial charge in [-0.15, -0.1) is 0 Å². The van der Waals surface area contributed by atoms with E-state index < -0.39 is 0 Å². The maximum absolute atomic E-state index is 5.42. The van der Waals surface area contributed by atoms with Crippen molar-refractivity contribution in [1.82, 2.24) is 10.3 Å². The monoisotopic (exact) mass is 296 g/mol. The first kappa shape index (κ1) is 12.1. The molecular weight excluding hydrogens is 284 g/mol. The number of hydrogen-bond donors (Lipinski definition) is 1. The van der Waals surface area contributed by atoms with Crippen LogP contribution in [0.25, 0.3) is 11.3 Å². The maximum Gasteiger partial charge on any atom is 0.181 e. The van der Waals surface area contributed by atoms with E-state index >= 15 is 0 Å². The van der Waals surface area contributed by atoms with E-state index in [0.29, 0.717) is 6.54 Å². The zero-order chi connectivity index (χ0) is 12.3. The molecular formula is C12H13BrN2O2. The molecule has 0 atom stereocenters. The number of methoxy groups -OCH3 is 1. The summed E-state index contributed by atoms with van der Waals surface area (Å²) in [6.07, 6.45) is 1.46. The highest BCUT2D eigenvalue weighted by atomic mass is 79.9. The van der Waals surface area contributed by atoms with Gasteiger partial charge in [-0.3, -0.25) is 0 Å². The standard InChI is InChI=1S/C12H13BrN2O2/c1-14-6-10-12(17-7-15-10)8-3-4-11(16-2)9(13)5-8/h3-5,7,14H,6H2,1-2H3. The van der Waals surface area contributed by atoms with Crippen LogP contribution in [-0.2, 0) is 6.54 Å². The van der Waals surface area contributed by atoms with Crippen LogP contribution in [0.5, 0.6) is 5.75 Å². The van der Waals surface area contributed by atoms with E-state index in [4.69, 9.17) is 9.15 Å². The number of nitrogens with one attached hydrogen (secondary N) is 1. The Balaban J connectivity index is 2.39. The van der Waals surface area contributed by atoms with Crippen molar-refractivity contribution >= 4 is 15.9 Å². The SMILES string of the molecule is CNCc1ncoc1-c1ccc(OC)c(Br)c1. The third-order valence-electron chi connectivity index (χ3n) is 2.40. The number of aromatic nitrogens is 1. The van der Waals surface area contributed by atoms with Crippen LogP contribution in [0.15, 0.2) is 33.5 Å². The van der Waals surface area contributed by atoms with Gasteiger partial charge in [0.2, 0.25) is 0 Å². The van der Waals surface area contributed by atoms with E-state index in [1.54, 1.807) is 7.11 Å². The highest BCUT2D eigenvalue weighted by molar-refractivity contribution is 9.10. The summed E-state index contributed by atoms with van der Waals surface area (Å²) in [4.78, 5) is 4.18. The van der Waals surface area contributed by atoms with Gasteiger partial charge in [-0.2, -0.15) is 0 Å². The zero-order valence-electron chi connectivity index (χ0n) is 9.66. The van der Waals surface area contributed by atoms with Crippen LogP contribution in [-0.4, -0.2) is 19.1 Å². The van der Waals surface area contributed by atoms with E-state index in [9.17, 15) is 0 Å². The van der Waals surface area contributed by atoms with Crippen LogP contribution >= 0.6 is 15.9 Å². The Morgan fingerprint density at radius 3 is 2.94 bits per heavy atom. The van der Waals surface area contributed by atoms with Crippen LogP contribution in [0.2, 0.25) is 0 Å². The summed E-state index contributed by atoms with van der Waals surface area (Å²) in [6, 6.07) is 5.80. The van der Waals surface area contributed by atoms with Gasteiger partial charge in [0.15, 0.2) is 12.2 Å². The fourth-order valence-electron chi connectivity index (χ4n) is 1.60. The Hall–Kier alpha value is -1.33. The Labute approximate surface area is 108 Å². The number of oxazole rings is 1. The molecule has 0 fully saturated rings. The minimum absolute atomic E-state index is 0.676. The molecule has 0 radical (unpaired) electrons. The van der Waals surface area contributed by atoms with Gasteiger partial charge >= 0.3 is 0 Å². The van der Waals surface area contributed by atoms with Gasteiger partial charge in [-0.05, 0) is 41.2 Å². The fourth-order valence-corrected chi connectivity index (χ4v) is 2.15. The Morgan fingerprint density at radius 1 is 1.47 bits per heavy atom. The van der Waals surface area contributed by atoms with Crippen LogP contribution in [0.4, 0.5) is 0 Å². The normalized spacial score (nSPS) is 10.5. The van der Waals surface area contributed by atoms with Crippen molar-refractivity contribution in [3.05, 3.63) is 34.8 Å². The number of rotatable bonds is 4. The Morgan fingerprint density at radius 2 is 2.29 bits per heavy atom. The van der Waals surface area contributed by atoms with Gasteiger partial charge in [-0.25, -0.2) is 4.98 Å². The lowest BCUT2D eigenvalue weighted by molar-refractivity contribution is 0.412. The van der Waals surface area contributed by atoms with E-state index in [-0.39, 0.29) is 0 Å². The summed E-state index contributed by atoms with van der Waals surface area (Å²) in [5, 5.41) is 3.06. The van der Waals surface area contributed by atoms with Crippen molar-refractivity contribution in [1.29, 1.82) is 0 Å². The number of hydrogen-bond acceptors (Lipinski definition) is 4. The quantitative estimate of drug-likeness (QED) is 0.942. The first-order chi connectivity index (χ1) is 8.26. The average Bonchev–Trinajstić information content (AvgIpc) is 2.78. The molecule has 0 unspecified atom stereocenters. The second-order valence-electron chi connectivity index (χ2n) is 3.51.